The third-order valence-electron chi connectivity index (χ3n) is 2.97. The fraction of sp³-hybridized carbons (Fsp3) is 0.533. The van der Waals surface area contributed by atoms with Gasteiger partial charge < -0.3 is 20.5 Å². The molecule has 0 heterocycles. The van der Waals surface area contributed by atoms with E-state index in [1.807, 2.05) is 44.2 Å². The summed E-state index contributed by atoms with van der Waals surface area (Å²) in [6.07, 6.45) is 1.63. The van der Waals surface area contributed by atoms with E-state index in [4.69, 9.17) is 4.74 Å². The Morgan fingerprint density at radius 2 is 2.05 bits per heavy atom. The van der Waals surface area contributed by atoms with Gasteiger partial charge in [-0.15, -0.1) is 0 Å². The predicted molar refractivity (Wildman–Crippen MR) is 78.9 cm³/mol. The number of aliphatic hydroxyl groups is 1. The number of amides is 2. The van der Waals surface area contributed by atoms with E-state index in [0.29, 0.717) is 13.2 Å². The molecule has 5 nitrogen and oxygen atoms in total. The van der Waals surface area contributed by atoms with E-state index in [9.17, 15) is 9.90 Å². The van der Waals surface area contributed by atoms with E-state index >= 15 is 0 Å². The summed E-state index contributed by atoms with van der Waals surface area (Å²) in [6.45, 7) is 4.59. The van der Waals surface area contributed by atoms with Crippen molar-refractivity contribution in [2.24, 2.45) is 0 Å². The molecule has 0 bridgehead atoms. The maximum absolute atomic E-state index is 11.7. The van der Waals surface area contributed by atoms with Crippen LogP contribution in [0, 0.1) is 0 Å². The standard InChI is InChI=1S/C15H24N2O3/c1-3-9-15(2,12-18)17-14(19)16-10-11-20-13-7-5-4-6-8-13/h4-8,18H,3,9-12H2,1-2H3,(H2,16,17,19). The number of hydrogen-bond donors (Lipinski definition) is 3. The zero-order chi connectivity index (χ0) is 14.8. The molecule has 0 fully saturated rings. The van der Waals surface area contributed by atoms with Gasteiger partial charge in [-0.25, -0.2) is 4.79 Å². The lowest BCUT2D eigenvalue weighted by Gasteiger charge is -2.28. The highest BCUT2D eigenvalue weighted by atomic mass is 16.5. The van der Waals surface area contributed by atoms with E-state index in [1.54, 1.807) is 0 Å². The fourth-order valence-corrected chi connectivity index (χ4v) is 1.90. The first-order chi connectivity index (χ1) is 9.59. The molecule has 0 aromatic heterocycles. The molecule has 1 aromatic carbocycles. The zero-order valence-corrected chi connectivity index (χ0v) is 12.2. The van der Waals surface area contributed by atoms with Crippen LogP contribution in [-0.4, -0.2) is 36.4 Å². The van der Waals surface area contributed by atoms with E-state index in [-0.39, 0.29) is 12.6 Å². The van der Waals surface area contributed by atoms with Crippen LogP contribution >= 0.6 is 0 Å². The molecule has 0 spiro atoms. The van der Waals surface area contributed by atoms with Crippen molar-refractivity contribution in [3.8, 4) is 5.75 Å². The summed E-state index contributed by atoms with van der Waals surface area (Å²) in [5, 5.41) is 14.8. The summed E-state index contributed by atoms with van der Waals surface area (Å²) in [4.78, 5) is 11.7. The second-order valence-electron chi connectivity index (χ2n) is 5.01. The summed E-state index contributed by atoms with van der Waals surface area (Å²) >= 11 is 0. The number of carbonyl (C=O) groups is 1. The van der Waals surface area contributed by atoms with Gasteiger partial charge in [0.1, 0.15) is 12.4 Å². The van der Waals surface area contributed by atoms with E-state index in [1.165, 1.54) is 0 Å². The largest absolute Gasteiger partial charge is 0.492 e. The molecule has 1 unspecified atom stereocenters. The summed E-state index contributed by atoms with van der Waals surface area (Å²) in [7, 11) is 0. The number of benzene rings is 1. The highest BCUT2D eigenvalue weighted by Gasteiger charge is 2.24. The molecule has 20 heavy (non-hydrogen) atoms. The third-order valence-corrected chi connectivity index (χ3v) is 2.97. The lowest BCUT2D eigenvalue weighted by atomic mass is 9.98. The van der Waals surface area contributed by atoms with Crippen LogP contribution in [0.1, 0.15) is 26.7 Å². The Balaban J connectivity index is 2.23. The summed E-state index contributed by atoms with van der Waals surface area (Å²) in [6, 6.07) is 9.16. The summed E-state index contributed by atoms with van der Waals surface area (Å²) in [5.41, 5.74) is -0.570. The Kier molecular flexibility index (Phi) is 6.87. The fourth-order valence-electron chi connectivity index (χ4n) is 1.90. The minimum absolute atomic E-state index is 0.0746. The third kappa shape index (κ3) is 5.93. The first-order valence-electron chi connectivity index (χ1n) is 6.94. The number of para-hydroxylation sites is 1. The second-order valence-corrected chi connectivity index (χ2v) is 5.01. The zero-order valence-electron chi connectivity index (χ0n) is 12.2. The SMILES string of the molecule is CCCC(C)(CO)NC(=O)NCCOc1ccccc1. The van der Waals surface area contributed by atoms with Gasteiger partial charge in [0, 0.05) is 0 Å². The molecule has 0 saturated heterocycles. The van der Waals surface area contributed by atoms with Crippen LogP contribution in [0.2, 0.25) is 0 Å². The van der Waals surface area contributed by atoms with Crippen molar-refractivity contribution in [1.29, 1.82) is 0 Å². The maximum Gasteiger partial charge on any atom is 0.315 e. The van der Waals surface area contributed by atoms with Crippen molar-refractivity contribution < 1.29 is 14.6 Å². The van der Waals surface area contributed by atoms with Crippen LogP contribution in [0.4, 0.5) is 4.79 Å². The van der Waals surface area contributed by atoms with Crippen LogP contribution < -0.4 is 15.4 Å². The molecule has 3 N–H and O–H groups in total. The van der Waals surface area contributed by atoms with Crippen molar-refractivity contribution in [2.75, 3.05) is 19.8 Å². The second kappa shape index (κ2) is 8.43. The molecule has 0 aliphatic rings. The van der Waals surface area contributed by atoms with Crippen LogP contribution in [0.25, 0.3) is 0 Å². The van der Waals surface area contributed by atoms with Crippen LogP contribution in [0.15, 0.2) is 30.3 Å². The Hall–Kier alpha value is -1.75. The number of aliphatic hydroxyl groups excluding tert-OH is 1. The smallest absolute Gasteiger partial charge is 0.315 e. The van der Waals surface area contributed by atoms with Crippen molar-refractivity contribution in [1.82, 2.24) is 10.6 Å². The molecule has 0 radical (unpaired) electrons. The normalized spacial score (nSPS) is 13.3. The number of carbonyl (C=O) groups excluding carboxylic acids is 1. The van der Waals surface area contributed by atoms with Crippen LogP contribution in [0.3, 0.4) is 0 Å². The molecule has 1 atom stereocenters. The Morgan fingerprint density at radius 3 is 2.65 bits per heavy atom. The maximum atomic E-state index is 11.7. The molecular weight excluding hydrogens is 256 g/mol. The molecule has 0 aliphatic heterocycles. The van der Waals surface area contributed by atoms with Crippen molar-refractivity contribution in [2.45, 2.75) is 32.2 Å². The highest BCUT2D eigenvalue weighted by Crippen LogP contribution is 2.10. The van der Waals surface area contributed by atoms with Crippen molar-refractivity contribution in [3.63, 3.8) is 0 Å². The number of urea groups is 1. The minimum Gasteiger partial charge on any atom is -0.492 e. The molecule has 2 amide bonds. The van der Waals surface area contributed by atoms with Crippen LogP contribution in [0.5, 0.6) is 5.75 Å². The molecule has 112 valence electrons. The topological polar surface area (TPSA) is 70.6 Å². The van der Waals surface area contributed by atoms with Gasteiger partial charge in [0.15, 0.2) is 0 Å². The number of nitrogens with one attached hydrogen (secondary N) is 2. The molecule has 1 rings (SSSR count). The van der Waals surface area contributed by atoms with E-state index in [2.05, 4.69) is 10.6 Å². The monoisotopic (exact) mass is 280 g/mol. The average molecular weight is 280 g/mol. The van der Waals surface area contributed by atoms with Gasteiger partial charge in [-0.1, -0.05) is 31.5 Å². The molecular formula is C15H24N2O3. The average Bonchev–Trinajstić information content (AvgIpc) is 2.45. The highest BCUT2D eigenvalue weighted by molar-refractivity contribution is 5.74. The van der Waals surface area contributed by atoms with Gasteiger partial charge in [-0.05, 0) is 25.5 Å². The molecule has 5 heteroatoms. The van der Waals surface area contributed by atoms with Gasteiger partial charge in [0.2, 0.25) is 0 Å². The van der Waals surface area contributed by atoms with E-state index < -0.39 is 5.54 Å². The molecule has 0 saturated carbocycles. The minimum atomic E-state index is -0.570. The lowest BCUT2D eigenvalue weighted by molar-refractivity contribution is 0.162. The lowest BCUT2D eigenvalue weighted by Crippen LogP contribution is -2.53. The Bertz CT molecular complexity index is 397. The van der Waals surface area contributed by atoms with Crippen LogP contribution in [-0.2, 0) is 0 Å². The quantitative estimate of drug-likeness (QED) is 0.637. The van der Waals surface area contributed by atoms with Gasteiger partial charge >= 0.3 is 6.03 Å². The number of rotatable bonds is 8. The number of hydrogen-bond acceptors (Lipinski definition) is 3. The molecule has 1 aromatic rings. The Morgan fingerprint density at radius 1 is 1.35 bits per heavy atom. The van der Waals surface area contributed by atoms with Crippen molar-refractivity contribution in [3.05, 3.63) is 30.3 Å². The van der Waals surface area contributed by atoms with E-state index in [0.717, 1.165) is 18.6 Å². The van der Waals surface area contributed by atoms with Crippen molar-refractivity contribution >= 4 is 6.03 Å². The first kappa shape index (κ1) is 16.3. The number of ether oxygens (including phenoxy) is 1. The van der Waals surface area contributed by atoms with Gasteiger partial charge in [-0.2, -0.15) is 0 Å². The molecule has 0 aliphatic carbocycles. The van der Waals surface area contributed by atoms with Gasteiger partial charge in [-0.3, -0.25) is 0 Å². The first-order valence-corrected chi connectivity index (χ1v) is 6.94. The summed E-state index contributed by atoms with van der Waals surface area (Å²) < 4.78 is 5.47. The van der Waals surface area contributed by atoms with Gasteiger partial charge in [0.25, 0.3) is 0 Å². The Labute approximate surface area is 120 Å². The summed E-state index contributed by atoms with van der Waals surface area (Å²) in [5.74, 6) is 0.779. The van der Waals surface area contributed by atoms with Gasteiger partial charge in [0.05, 0.1) is 18.7 Å². The predicted octanol–water partition coefficient (Wildman–Crippen LogP) is 1.92.